The van der Waals surface area contributed by atoms with E-state index in [1.54, 1.807) is 19.2 Å². The molecule has 2 aliphatic rings. The van der Waals surface area contributed by atoms with Gasteiger partial charge in [-0.25, -0.2) is 4.39 Å². The quantitative estimate of drug-likeness (QED) is 0.915. The van der Waals surface area contributed by atoms with Gasteiger partial charge in [0, 0.05) is 25.6 Å². The number of rotatable bonds is 2. The molecule has 1 aliphatic heterocycles. The first-order chi connectivity index (χ1) is 11.5. The van der Waals surface area contributed by atoms with Gasteiger partial charge in [0.2, 0.25) is 0 Å². The fourth-order valence-electron chi connectivity index (χ4n) is 3.56. The van der Waals surface area contributed by atoms with Gasteiger partial charge in [-0.05, 0) is 52.9 Å². The minimum atomic E-state index is -0.383. The Labute approximate surface area is 140 Å². The Bertz CT molecular complexity index is 870. The van der Waals surface area contributed by atoms with E-state index >= 15 is 0 Å². The lowest BCUT2D eigenvalue weighted by atomic mass is 9.79. The first-order valence-corrected chi connectivity index (χ1v) is 7.98. The Morgan fingerprint density at radius 1 is 1.21 bits per heavy atom. The molecule has 0 radical (unpaired) electrons. The fraction of sp³-hybridized carbons (Fsp3) is 0.250. The molecular formula is C20H18FNO2. The standard InChI is InChI=1S/C20H18FNO2/c1-20(24-2)8-7-13-9-15-17(11-22-19(15)23)18(16(13)10-20)12-3-5-14(21)6-4-12/h3-9H,10-11H2,1-2H3,(H,22,23). The van der Waals surface area contributed by atoms with Crippen LogP contribution in [0.1, 0.15) is 34.0 Å². The Morgan fingerprint density at radius 3 is 2.67 bits per heavy atom. The van der Waals surface area contributed by atoms with Gasteiger partial charge in [-0.1, -0.05) is 24.3 Å². The molecule has 0 bridgehead atoms. The lowest BCUT2D eigenvalue weighted by Crippen LogP contribution is -2.30. The first kappa shape index (κ1) is 15.1. The van der Waals surface area contributed by atoms with Crippen LogP contribution in [0.4, 0.5) is 4.39 Å². The molecule has 4 heteroatoms. The lowest BCUT2D eigenvalue weighted by Gasteiger charge is -2.31. The SMILES string of the molecule is COC1(C)C=Cc2cc3c(c(-c4ccc(F)cc4)c2C1)CNC3=O. The predicted octanol–water partition coefficient (Wildman–Crippen LogP) is 3.71. The molecule has 0 aromatic heterocycles. The Balaban J connectivity index is 1.99. The number of ether oxygens (including phenoxy) is 1. The summed E-state index contributed by atoms with van der Waals surface area (Å²) in [6.45, 7) is 2.54. The molecule has 0 fully saturated rings. The van der Waals surface area contributed by atoms with E-state index in [1.807, 2.05) is 25.1 Å². The van der Waals surface area contributed by atoms with Crippen LogP contribution in [-0.2, 0) is 17.7 Å². The van der Waals surface area contributed by atoms with Crippen molar-refractivity contribution in [2.75, 3.05) is 7.11 Å². The average Bonchev–Trinajstić information content (AvgIpc) is 2.95. The highest BCUT2D eigenvalue weighted by atomic mass is 19.1. The van der Waals surface area contributed by atoms with Crippen molar-refractivity contribution >= 4 is 12.0 Å². The van der Waals surface area contributed by atoms with Gasteiger partial charge in [0.25, 0.3) is 5.91 Å². The highest BCUT2D eigenvalue weighted by Crippen LogP contribution is 2.40. The number of nitrogens with one attached hydrogen (secondary N) is 1. The van der Waals surface area contributed by atoms with Crippen LogP contribution < -0.4 is 5.32 Å². The summed E-state index contributed by atoms with van der Waals surface area (Å²) < 4.78 is 19.0. The zero-order valence-electron chi connectivity index (χ0n) is 13.7. The van der Waals surface area contributed by atoms with E-state index in [-0.39, 0.29) is 17.3 Å². The number of carbonyl (C=O) groups excluding carboxylic acids is 1. The number of halogens is 1. The number of methoxy groups -OCH3 is 1. The Hall–Kier alpha value is -2.46. The summed E-state index contributed by atoms with van der Waals surface area (Å²) in [4.78, 5) is 12.2. The molecule has 1 atom stereocenters. The highest BCUT2D eigenvalue weighted by Gasteiger charge is 2.32. The zero-order chi connectivity index (χ0) is 16.9. The van der Waals surface area contributed by atoms with Crippen molar-refractivity contribution in [2.24, 2.45) is 0 Å². The molecule has 1 aliphatic carbocycles. The van der Waals surface area contributed by atoms with Crippen molar-refractivity contribution in [3.05, 3.63) is 64.5 Å². The van der Waals surface area contributed by atoms with Crippen LogP contribution in [0.5, 0.6) is 0 Å². The monoisotopic (exact) mass is 323 g/mol. The van der Waals surface area contributed by atoms with E-state index in [4.69, 9.17) is 4.74 Å². The molecule has 2 aromatic rings. The smallest absolute Gasteiger partial charge is 0.251 e. The van der Waals surface area contributed by atoms with Gasteiger partial charge in [-0.15, -0.1) is 0 Å². The van der Waals surface area contributed by atoms with E-state index in [1.165, 1.54) is 12.1 Å². The van der Waals surface area contributed by atoms with Crippen LogP contribution in [0.25, 0.3) is 17.2 Å². The van der Waals surface area contributed by atoms with Crippen molar-refractivity contribution in [1.29, 1.82) is 0 Å². The number of hydrogen-bond donors (Lipinski definition) is 1. The zero-order valence-corrected chi connectivity index (χ0v) is 13.7. The van der Waals surface area contributed by atoms with Gasteiger partial charge >= 0.3 is 0 Å². The second-order valence-corrected chi connectivity index (χ2v) is 6.56. The van der Waals surface area contributed by atoms with Crippen molar-refractivity contribution in [3.8, 4) is 11.1 Å². The topological polar surface area (TPSA) is 38.3 Å². The molecule has 1 N–H and O–H groups in total. The van der Waals surface area contributed by atoms with Crippen molar-refractivity contribution < 1.29 is 13.9 Å². The largest absolute Gasteiger partial charge is 0.374 e. The van der Waals surface area contributed by atoms with Gasteiger partial charge in [0.15, 0.2) is 0 Å². The highest BCUT2D eigenvalue weighted by molar-refractivity contribution is 6.02. The van der Waals surface area contributed by atoms with Gasteiger partial charge in [-0.2, -0.15) is 0 Å². The van der Waals surface area contributed by atoms with Crippen LogP contribution in [-0.4, -0.2) is 18.6 Å². The van der Waals surface area contributed by atoms with Crippen LogP contribution in [0.15, 0.2) is 36.4 Å². The first-order valence-electron chi connectivity index (χ1n) is 7.98. The maximum absolute atomic E-state index is 13.4. The summed E-state index contributed by atoms with van der Waals surface area (Å²) in [5, 5.41) is 2.90. The van der Waals surface area contributed by atoms with Gasteiger partial charge in [0.1, 0.15) is 5.82 Å². The summed E-state index contributed by atoms with van der Waals surface area (Å²) in [5.74, 6) is -0.319. The minimum absolute atomic E-state index is 0.0513. The molecule has 1 heterocycles. The molecule has 24 heavy (non-hydrogen) atoms. The van der Waals surface area contributed by atoms with Crippen LogP contribution in [0, 0.1) is 5.82 Å². The molecule has 2 aromatic carbocycles. The minimum Gasteiger partial charge on any atom is -0.374 e. The third-order valence-corrected chi connectivity index (χ3v) is 4.99. The molecule has 0 saturated carbocycles. The van der Waals surface area contributed by atoms with Crippen molar-refractivity contribution in [3.63, 3.8) is 0 Å². The maximum atomic E-state index is 13.4. The summed E-state index contributed by atoms with van der Waals surface area (Å²) in [5.41, 5.74) is 5.43. The molecule has 0 saturated heterocycles. The summed E-state index contributed by atoms with van der Waals surface area (Å²) in [7, 11) is 1.70. The number of carbonyl (C=O) groups is 1. The predicted molar refractivity (Wildman–Crippen MR) is 91.2 cm³/mol. The molecule has 4 rings (SSSR count). The lowest BCUT2D eigenvalue weighted by molar-refractivity contribution is 0.0489. The Kier molecular flexibility index (Phi) is 3.32. The summed E-state index contributed by atoms with van der Waals surface area (Å²) >= 11 is 0. The molecule has 1 unspecified atom stereocenters. The molecular weight excluding hydrogens is 305 g/mol. The van der Waals surface area contributed by atoms with Crippen LogP contribution in [0.2, 0.25) is 0 Å². The third kappa shape index (κ3) is 2.26. The number of fused-ring (bicyclic) bond motifs is 2. The maximum Gasteiger partial charge on any atom is 0.251 e. The van der Waals surface area contributed by atoms with Gasteiger partial charge < -0.3 is 10.1 Å². The second kappa shape index (κ2) is 5.28. The van der Waals surface area contributed by atoms with Crippen molar-refractivity contribution in [2.45, 2.75) is 25.5 Å². The van der Waals surface area contributed by atoms with E-state index < -0.39 is 0 Å². The van der Waals surface area contributed by atoms with E-state index in [0.29, 0.717) is 18.5 Å². The van der Waals surface area contributed by atoms with Crippen LogP contribution in [0.3, 0.4) is 0 Å². The Morgan fingerprint density at radius 2 is 1.96 bits per heavy atom. The normalized spacial score (nSPS) is 21.4. The van der Waals surface area contributed by atoms with Crippen molar-refractivity contribution in [1.82, 2.24) is 5.32 Å². The molecule has 1 amide bonds. The molecule has 122 valence electrons. The summed E-state index contributed by atoms with van der Waals surface area (Å²) in [6.07, 6.45) is 4.76. The number of amides is 1. The number of hydrogen-bond acceptors (Lipinski definition) is 2. The van der Waals surface area contributed by atoms with Gasteiger partial charge in [-0.3, -0.25) is 4.79 Å². The molecule has 3 nitrogen and oxygen atoms in total. The third-order valence-electron chi connectivity index (χ3n) is 4.99. The average molecular weight is 323 g/mol. The van der Waals surface area contributed by atoms with E-state index in [2.05, 4.69) is 5.32 Å². The second-order valence-electron chi connectivity index (χ2n) is 6.56. The van der Waals surface area contributed by atoms with E-state index in [9.17, 15) is 9.18 Å². The fourth-order valence-corrected chi connectivity index (χ4v) is 3.56. The summed E-state index contributed by atoms with van der Waals surface area (Å²) in [6, 6.07) is 8.41. The molecule has 0 spiro atoms. The van der Waals surface area contributed by atoms with E-state index in [0.717, 1.165) is 27.8 Å². The van der Waals surface area contributed by atoms with Crippen LogP contribution >= 0.6 is 0 Å². The van der Waals surface area contributed by atoms with Gasteiger partial charge in [0.05, 0.1) is 5.60 Å². The number of benzene rings is 2.